The highest BCUT2D eigenvalue weighted by Gasteiger charge is 2.10. The van der Waals surface area contributed by atoms with E-state index >= 15 is 0 Å². The molecule has 1 heterocycles. The Labute approximate surface area is 90.4 Å². The van der Waals surface area contributed by atoms with Gasteiger partial charge in [0, 0.05) is 5.03 Å². The van der Waals surface area contributed by atoms with Gasteiger partial charge in [-0.1, -0.05) is 29.9 Å². The van der Waals surface area contributed by atoms with E-state index in [1.165, 1.54) is 11.3 Å². The first-order valence-corrected chi connectivity index (χ1v) is 6.13. The van der Waals surface area contributed by atoms with Crippen LogP contribution in [-0.4, -0.2) is 16.5 Å². The summed E-state index contributed by atoms with van der Waals surface area (Å²) in [5.74, 6) is 0. The Hall–Kier alpha value is -0.260. The summed E-state index contributed by atoms with van der Waals surface area (Å²) in [6.45, 7) is 2.00. The molecule has 0 unspecified atom stereocenters. The number of anilines is 1. The molecule has 3 nitrogen and oxygen atoms in total. The molecule has 0 aliphatic heterocycles. The van der Waals surface area contributed by atoms with Crippen molar-refractivity contribution in [1.29, 1.82) is 0 Å². The molecule has 0 aliphatic carbocycles. The Balaban J connectivity index is 3.04. The van der Waals surface area contributed by atoms with Gasteiger partial charge in [0.25, 0.3) is 0 Å². The van der Waals surface area contributed by atoms with Crippen LogP contribution in [0.2, 0.25) is 0 Å². The summed E-state index contributed by atoms with van der Waals surface area (Å²) in [6, 6.07) is 0. The molecular formula is C7H10ClN3S2. The lowest BCUT2D eigenvalue weighted by Crippen LogP contribution is -1.82. The Bertz CT molecular complexity index is 321. The second-order valence-electron chi connectivity index (χ2n) is 2.24. The van der Waals surface area contributed by atoms with Gasteiger partial charge in [-0.15, -0.1) is 22.0 Å². The number of hydrogen-bond donors (Lipinski definition) is 1. The number of aromatic nitrogens is 2. The SMILES string of the molecule is CC/C(Cl)=C(\SC)c1nnc(N)s1. The van der Waals surface area contributed by atoms with Gasteiger partial charge in [0.1, 0.15) is 0 Å². The van der Waals surface area contributed by atoms with Gasteiger partial charge < -0.3 is 5.73 Å². The topological polar surface area (TPSA) is 51.8 Å². The molecule has 0 radical (unpaired) electrons. The first-order chi connectivity index (χ1) is 6.19. The first kappa shape index (κ1) is 10.8. The van der Waals surface area contributed by atoms with E-state index in [0.717, 1.165) is 21.4 Å². The number of rotatable bonds is 3. The molecule has 1 rings (SSSR count). The molecule has 6 heteroatoms. The van der Waals surface area contributed by atoms with Crippen molar-refractivity contribution in [2.45, 2.75) is 13.3 Å². The average Bonchev–Trinajstić information content (AvgIpc) is 2.53. The van der Waals surface area contributed by atoms with Gasteiger partial charge in [0.15, 0.2) is 5.01 Å². The van der Waals surface area contributed by atoms with Crippen LogP contribution in [0.1, 0.15) is 18.4 Å². The maximum absolute atomic E-state index is 6.03. The van der Waals surface area contributed by atoms with Crippen molar-refractivity contribution >= 4 is 44.7 Å². The molecular weight excluding hydrogens is 226 g/mol. The molecule has 0 amide bonds. The zero-order valence-electron chi connectivity index (χ0n) is 7.37. The van der Waals surface area contributed by atoms with E-state index in [1.807, 2.05) is 13.2 Å². The van der Waals surface area contributed by atoms with Crippen LogP contribution in [0.4, 0.5) is 5.13 Å². The zero-order valence-corrected chi connectivity index (χ0v) is 9.76. The van der Waals surface area contributed by atoms with Crippen molar-refractivity contribution in [2.75, 3.05) is 12.0 Å². The third-order valence-corrected chi connectivity index (χ3v) is 3.71. The van der Waals surface area contributed by atoms with Crippen LogP contribution in [0.25, 0.3) is 4.91 Å². The van der Waals surface area contributed by atoms with E-state index < -0.39 is 0 Å². The number of allylic oxidation sites excluding steroid dienone is 1. The number of nitrogen functional groups attached to an aromatic ring is 1. The Morgan fingerprint density at radius 2 is 2.31 bits per heavy atom. The van der Waals surface area contributed by atoms with Crippen LogP contribution in [0.3, 0.4) is 0 Å². The standard InChI is InChI=1S/C7H10ClN3S2/c1-3-4(8)5(12-2)6-10-11-7(9)13-6/h3H2,1-2H3,(H2,9,11)/b5-4+. The van der Waals surface area contributed by atoms with Gasteiger partial charge in [-0.05, 0) is 12.7 Å². The predicted molar refractivity (Wildman–Crippen MR) is 60.9 cm³/mol. The van der Waals surface area contributed by atoms with Crippen molar-refractivity contribution in [2.24, 2.45) is 0 Å². The second-order valence-corrected chi connectivity index (χ2v) is 4.52. The Morgan fingerprint density at radius 1 is 1.62 bits per heavy atom. The monoisotopic (exact) mass is 235 g/mol. The molecule has 0 fully saturated rings. The summed E-state index contributed by atoms with van der Waals surface area (Å²) in [5.41, 5.74) is 5.48. The van der Waals surface area contributed by atoms with Crippen LogP contribution in [0.15, 0.2) is 5.03 Å². The van der Waals surface area contributed by atoms with E-state index in [2.05, 4.69) is 10.2 Å². The molecule has 0 saturated heterocycles. The lowest BCUT2D eigenvalue weighted by Gasteiger charge is -2.00. The molecule has 0 atom stereocenters. The van der Waals surface area contributed by atoms with E-state index in [4.69, 9.17) is 17.3 Å². The number of hydrogen-bond acceptors (Lipinski definition) is 5. The molecule has 2 N–H and O–H groups in total. The lowest BCUT2D eigenvalue weighted by atomic mass is 10.4. The van der Waals surface area contributed by atoms with Gasteiger partial charge in [-0.3, -0.25) is 0 Å². The fraction of sp³-hybridized carbons (Fsp3) is 0.429. The summed E-state index contributed by atoms with van der Waals surface area (Å²) < 4.78 is 0. The second kappa shape index (κ2) is 4.83. The Kier molecular flexibility index (Phi) is 4.02. The molecule has 72 valence electrons. The first-order valence-electron chi connectivity index (χ1n) is 3.71. The Morgan fingerprint density at radius 3 is 2.69 bits per heavy atom. The van der Waals surface area contributed by atoms with Crippen molar-refractivity contribution in [3.8, 4) is 0 Å². The van der Waals surface area contributed by atoms with Crippen LogP contribution in [0, 0.1) is 0 Å². The zero-order chi connectivity index (χ0) is 9.84. The van der Waals surface area contributed by atoms with Gasteiger partial charge >= 0.3 is 0 Å². The summed E-state index contributed by atoms with van der Waals surface area (Å²) in [4.78, 5) is 0.971. The van der Waals surface area contributed by atoms with Crippen LogP contribution < -0.4 is 5.73 Å². The smallest absolute Gasteiger partial charge is 0.203 e. The molecule has 0 aliphatic rings. The minimum atomic E-state index is 0.474. The summed E-state index contributed by atoms with van der Waals surface area (Å²) in [7, 11) is 0. The third-order valence-electron chi connectivity index (χ3n) is 1.40. The van der Waals surface area contributed by atoms with Gasteiger partial charge in [-0.2, -0.15) is 0 Å². The minimum Gasteiger partial charge on any atom is -0.374 e. The summed E-state index contributed by atoms with van der Waals surface area (Å²) in [6.07, 6.45) is 2.77. The maximum Gasteiger partial charge on any atom is 0.203 e. The molecule has 1 aromatic rings. The maximum atomic E-state index is 6.03. The highest BCUT2D eigenvalue weighted by atomic mass is 35.5. The van der Waals surface area contributed by atoms with E-state index in [9.17, 15) is 0 Å². The lowest BCUT2D eigenvalue weighted by molar-refractivity contribution is 1.08. The molecule has 0 aromatic carbocycles. The highest BCUT2D eigenvalue weighted by molar-refractivity contribution is 8.08. The predicted octanol–water partition coefficient (Wildman–Crippen LogP) is 2.80. The van der Waals surface area contributed by atoms with E-state index in [1.54, 1.807) is 11.8 Å². The van der Waals surface area contributed by atoms with Gasteiger partial charge in [0.2, 0.25) is 5.13 Å². The minimum absolute atomic E-state index is 0.474. The van der Waals surface area contributed by atoms with E-state index in [-0.39, 0.29) is 0 Å². The number of thioether (sulfide) groups is 1. The molecule has 0 bridgehead atoms. The van der Waals surface area contributed by atoms with Crippen molar-refractivity contribution in [3.05, 3.63) is 10.0 Å². The largest absolute Gasteiger partial charge is 0.374 e. The normalized spacial score (nSPS) is 12.8. The van der Waals surface area contributed by atoms with Gasteiger partial charge in [-0.25, -0.2) is 0 Å². The average molecular weight is 236 g/mol. The van der Waals surface area contributed by atoms with Crippen molar-refractivity contribution < 1.29 is 0 Å². The summed E-state index contributed by atoms with van der Waals surface area (Å²) >= 11 is 8.96. The molecule has 13 heavy (non-hydrogen) atoms. The number of halogens is 1. The van der Waals surface area contributed by atoms with Gasteiger partial charge in [0.05, 0.1) is 4.91 Å². The van der Waals surface area contributed by atoms with E-state index in [0.29, 0.717) is 5.13 Å². The van der Waals surface area contributed by atoms with Crippen LogP contribution in [0.5, 0.6) is 0 Å². The molecule has 0 saturated carbocycles. The molecule has 0 spiro atoms. The number of nitrogens with two attached hydrogens (primary N) is 1. The quantitative estimate of drug-likeness (QED) is 0.876. The van der Waals surface area contributed by atoms with Crippen LogP contribution in [-0.2, 0) is 0 Å². The van der Waals surface area contributed by atoms with Crippen molar-refractivity contribution in [1.82, 2.24) is 10.2 Å². The summed E-state index contributed by atoms with van der Waals surface area (Å²) in [5, 5.41) is 9.76. The molecule has 1 aromatic heterocycles. The fourth-order valence-electron chi connectivity index (χ4n) is 0.801. The fourth-order valence-corrected chi connectivity index (χ4v) is 2.71. The van der Waals surface area contributed by atoms with Crippen molar-refractivity contribution in [3.63, 3.8) is 0 Å². The number of nitrogens with zero attached hydrogens (tertiary/aromatic N) is 2. The third kappa shape index (κ3) is 2.59. The van der Waals surface area contributed by atoms with Crippen LogP contribution >= 0.6 is 34.7 Å². The highest BCUT2D eigenvalue weighted by Crippen LogP contribution is 2.34.